The van der Waals surface area contributed by atoms with Gasteiger partial charge in [0.25, 0.3) is 0 Å². The van der Waals surface area contributed by atoms with E-state index in [-0.39, 0.29) is 6.04 Å². The van der Waals surface area contributed by atoms with Crippen LogP contribution >= 0.6 is 15.9 Å². The summed E-state index contributed by atoms with van der Waals surface area (Å²) in [6.07, 6.45) is 5.10. The topological polar surface area (TPSA) is 69.6 Å². The SMILES string of the molecule is CCc1nn(CC)c(CC(N)c2cnc(C)cn2)c1Br. The highest BCUT2D eigenvalue weighted by Gasteiger charge is 2.18. The second-order valence-corrected chi connectivity index (χ2v) is 5.56. The van der Waals surface area contributed by atoms with E-state index in [1.54, 1.807) is 12.4 Å². The molecule has 2 N–H and O–H groups in total. The van der Waals surface area contributed by atoms with Gasteiger partial charge in [-0.25, -0.2) is 0 Å². The molecule has 20 heavy (non-hydrogen) atoms. The van der Waals surface area contributed by atoms with Crippen LogP contribution in [0.5, 0.6) is 0 Å². The molecule has 0 saturated heterocycles. The average molecular weight is 338 g/mol. The monoisotopic (exact) mass is 337 g/mol. The van der Waals surface area contributed by atoms with Crippen LogP contribution < -0.4 is 5.73 Å². The van der Waals surface area contributed by atoms with Crippen LogP contribution in [0.15, 0.2) is 16.9 Å². The van der Waals surface area contributed by atoms with Gasteiger partial charge in [-0.1, -0.05) is 6.92 Å². The zero-order valence-corrected chi connectivity index (χ0v) is 13.7. The summed E-state index contributed by atoms with van der Waals surface area (Å²) >= 11 is 3.64. The lowest BCUT2D eigenvalue weighted by Crippen LogP contribution is -2.18. The number of halogens is 1. The number of nitrogens with two attached hydrogens (primary N) is 1. The number of nitrogens with zero attached hydrogens (tertiary/aromatic N) is 4. The number of hydrogen-bond acceptors (Lipinski definition) is 4. The van der Waals surface area contributed by atoms with E-state index in [1.807, 2.05) is 11.6 Å². The summed E-state index contributed by atoms with van der Waals surface area (Å²) in [6.45, 7) is 6.93. The molecule has 0 radical (unpaired) electrons. The molecule has 1 atom stereocenters. The first-order chi connectivity index (χ1) is 9.56. The molecule has 2 rings (SSSR count). The van der Waals surface area contributed by atoms with Crippen molar-refractivity contribution in [3.05, 3.63) is 39.6 Å². The zero-order valence-electron chi connectivity index (χ0n) is 12.1. The van der Waals surface area contributed by atoms with Gasteiger partial charge < -0.3 is 5.73 Å². The molecule has 0 aliphatic heterocycles. The molecule has 0 aromatic carbocycles. The normalized spacial score (nSPS) is 12.7. The van der Waals surface area contributed by atoms with E-state index < -0.39 is 0 Å². The number of hydrogen-bond donors (Lipinski definition) is 1. The molecule has 108 valence electrons. The lowest BCUT2D eigenvalue weighted by molar-refractivity contribution is 0.578. The van der Waals surface area contributed by atoms with Gasteiger partial charge in [-0.2, -0.15) is 5.10 Å². The molecular formula is C14H20BrN5. The van der Waals surface area contributed by atoms with E-state index in [9.17, 15) is 0 Å². The third-order valence-corrected chi connectivity index (χ3v) is 4.20. The van der Waals surface area contributed by atoms with E-state index in [4.69, 9.17) is 5.73 Å². The van der Waals surface area contributed by atoms with Crippen LogP contribution in [0.25, 0.3) is 0 Å². The van der Waals surface area contributed by atoms with Crippen LogP contribution in [0.3, 0.4) is 0 Å². The summed E-state index contributed by atoms with van der Waals surface area (Å²) in [5.41, 5.74) is 10.2. The van der Waals surface area contributed by atoms with Crippen LogP contribution in [0.1, 0.15) is 42.7 Å². The summed E-state index contributed by atoms with van der Waals surface area (Å²) in [5.74, 6) is 0. The van der Waals surface area contributed by atoms with Gasteiger partial charge in [0.15, 0.2) is 0 Å². The number of aryl methyl sites for hydroxylation is 3. The standard InChI is InChI=1S/C14H20BrN5/c1-4-11-14(15)13(20(5-2)19-11)6-10(16)12-8-17-9(3)7-18-12/h7-8,10H,4-6,16H2,1-3H3. The molecule has 0 amide bonds. The van der Waals surface area contributed by atoms with Gasteiger partial charge >= 0.3 is 0 Å². The molecule has 1 unspecified atom stereocenters. The molecule has 0 aliphatic carbocycles. The molecule has 0 fully saturated rings. The van der Waals surface area contributed by atoms with Crippen molar-refractivity contribution in [2.45, 2.75) is 46.2 Å². The summed E-state index contributed by atoms with van der Waals surface area (Å²) < 4.78 is 3.07. The van der Waals surface area contributed by atoms with Crippen molar-refractivity contribution < 1.29 is 0 Å². The van der Waals surface area contributed by atoms with Crippen LogP contribution in [0.2, 0.25) is 0 Å². The quantitative estimate of drug-likeness (QED) is 0.910. The first kappa shape index (κ1) is 15.1. The summed E-state index contributed by atoms with van der Waals surface area (Å²) in [4.78, 5) is 8.61. The van der Waals surface area contributed by atoms with Crippen molar-refractivity contribution >= 4 is 15.9 Å². The Balaban J connectivity index is 2.25. The minimum absolute atomic E-state index is 0.175. The molecule has 6 heteroatoms. The van der Waals surface area contributed by atoms with Crippen molar-refractivity contribution in [1.82, 2.24) is 19.7 Å². The second kappa shape index (κ2) is 6.45. The van der Waals surface area contributed by atoms with Crippen molar-refractivity contribution in [2.24, 2.45) is 5.73 Å². The van der Waals surface area contributed by atoms with Crippen LogP contribution in [0.4, 0.5) is 0 Å². The van der Waals surface area contributed by atoms with E-state index in [1.165, 1.54) is 0 Å². The minimum Gasteiger partial charge on any atom is -0.322 e. The molecular weight excluding hydrogens is 318 g/mol. The van der Waals surface area contributed by atoms with Gasteiger partial charge in [-0.15, -0.1) is 0 Å². The predicted molar refractivity (Wildman–Crippen MR) is 82.4 cm³/mol. The average Bonchev–Trinajstić information content (AvgIpc) is 2.76. The van der Waals surface area contributed by atoms with Gasteiger partial charge in [-0.3, -0.25) is 14.6 Å². The maximum Gasteiger partial charge on any atom is 0.0766 e. The van der Waals surface area contributed by atoms with Gasteiger partial charge in [0.05, 0.1) is 39.5 Å². The van der Waals surface area contributed by atoms with E-state index in [0.29, 0.717) is 6.42 Å². The first-order valence-electron chi connectivity index (χ1n) is 6.84. The fourth-order valence-electron chi connectivity index (χ4n) is 2.12. The first-order valence-corrected chi connectivity index (χ1v) is 7.64. The predicted octanol–water partition coefficient (Wildman–Crippen LogP) is 2.57. The Morgan fingerprint density at radius 3 is 2.60 bits per heavy atom. The fourth-order valence-corrected chi connectivity index (χ4v) is 2.85. The molecule has 0 bridgehead atoms. The maximum atomic E-state index is 6.26. The third-order valence-electron chi connectivity index (χ3n) is 3.29. The van der Waals surface area contributed by atoms with Crippen LogP contribution in [0, 0.1) is 6.92 Å². The Bertz CT molecular complexity index is 576. The maximum absolute atomic E-state index is 6.26. The van der Waals surface area contributed by atoms with Gasteiger partial charge in [0.1, 0.15) is 0 Å². The van der Waals surface area contributed by atoms with Gasteiger partial charge in [0.2, 0.25) is 0 Å². The molecule has 0 spiro atoms. The second-order valence-electron chi connectivity index (χ2n) is 4.77. The van der Waals surface area contributed by atoms with Gasteiger partial charge in [-0.05, 0) is 36.2 Å². The largest absolute Gasteiger partial charge is 0.322 e. The number of rotatable bonds is 5. The van der Waals surface area contributed by atoms with Crippen LogP contribution in [-0.2, 0) is 19.4 Å². The van der Waals surface area contributed by atoms with Crippen LogP contribution in [-0.4, -0.2) is 19.7 Å². The summed E-state index contributed by atoms with van der Waals surface area (Å²) in [5, 5.41) is 4.59. The number of aromatic nitrogens is 4. The summed E-state index contributed by atoms with van der Waals surface area (Å²) in [6, 6.07) is -0.175. The smallest absolute Gasteiger partial charge is 0.0766 e. The summed E-state index contributed by atoms with van der Waals surface area (Å²) in [7, 11) is 0. The van der Waals surface area contributed by atoms with E-state index in [2.05, 4.69) is 44.8 Å². The minimum atomic E-state index is -0.175. The van der Waals surface area contributed by atoms with E-state index >= 15 is 0 Å². The van der Waals surface area contributed by atoms with Gasteiger partial charge in [0, 0.05) is 19.2 Å². The lowest BCUT2D eigenvalue weighted by Gasteiger charge is -2.12. The Morgan fingerprint density at radius 2 is 2.05 bits per heavy atom. The Morgan fingerprint density at radius 1 is 1.30 bits per heavy atom. The Kier molecular flexibility index (Phi) is 4.88. The zero-order chi connectivity index (χ0) is 14.7. The lowest BCUT2D eigenvalue weighted by atomic mass is 10.1. The van der Waals surface area contributed by atoms with Crippen molar-refractivity contribution in [3.8, 4) is 0 Å². The molecule has 2 aromatic heterocycles. The molecule has 0 saturated carbocycles. The molecule has 2 aromatic rings. The highest BCUT2D eigenvalue weighted by atomic mass is 79.9. The Labute approximate surface area is 127 Å². The molecule has 0 aliphatic rings. The van der Waals surface area contributed by atoms with E-state index in [0.717, 1.165) is 40.2 Å². The van der Waals surface area contributed by atoms with Crippen molar-refractivity contribution in [1.29, 1.82) is 0 Å². The van der Waals surface area contributed by atoms with Crippen molar-refractivity contribution in [2.75, 3.05) is 0 Å². The highest BCUT2D eigenvalue weighted by Crippen LogP contribution is 2.25. The fraction of sp³-hybridized carbons (Fsp3) is 0.500. The third kappa shape index (κ3) is 3.07. The molecule has 5 nitrogen and oxygen atoms in total. The molecule has 2 heterocycles. The Hall–Kier alpha value is -1.27. The van der Waals surface area contributed by atoms with Crippen molar-refractivity contribution in [3.63, 3.8) is 0 Å². The highest BCUT2D eigenvalue weighted by molar-refractivity contribution is 9.10.